The molecule has 0 aliphatic carbocycles. The molecule has 7 heteroatoms. The van der Waals surface area contributed by atoms with Crippen molar-refractivity contribution >= 4 is 20.9 Å². The summed E-state index contributed by atoms with van der Waals surface area (Å²) in [6.45, 7) is 5.89. The highest BCUT2D eigenvalue weighted by Crippen LogP contribution is 2.27. The molecular formula is C17H18N2O4S. The summed E-state index contributed by atoms with van der Waals surface area (Å²) in [5.74, 6) is 0.548. The zero-order valence-electron chi connectivity index (χ0n) is 13.7. The predicted molar refractivity (Wildman–Crippen MR) is 90.2 cm³/mol. The second-order valence-electron chi connectivity index (χ2n) is 6.57. The van der Waals surface area contributed by atoms with Gasteiger partial charge in [0.2, 0.25) is 0 Å². The zero-order valence-corrected chi connectivity index (χ0v) is 14.5. The van der Waals surface area contributed by atoms with Crippen molar-refractivity contribution in [1.82, 2.24) is 10.1 Å². The van der Waals surface area contributed by atoms with Crippen molar-refractivity contribution in [3.8, 4) is 5.75 Å². The zero-order chi connectivity index (χ0) is 17.4. The molecule has 0 radical (unpaired) electrons. The van der Waals surface area contributed by atoms with E-state index in [1.807, 2.05) is 26.8 Å². The van der Waals surface area contributed by atoms with E-state index in [2.05, 4.69) is 10.1 Å². The van der Waals surface area contributed by atoms with Gasteiger partial charge >= 0.3 is 10.1 Å². The Morgan fingerprint density at radius 1 is 1.21 bits per heavy atom. The van der Waals surface area contributed by atoms with E-state index >= 15 is 0 Å². The molecule has 3 aromatic rings. The maximum absolute atomic E-state index is 12.4. The van der Waals surface area contributed by atoms with Crippen LogP contribution in [0.25, 0.3) is 10.8 Å². The second kappa shape index (κ2) is 5.90. The molecule has 0 bridgehead atoms. The number of hydrogen-bond acceptors (Lipinski definition) is 6. The van der Waals surface area contributed by atoms with Gasteiger partial charge in [-0.1, -0.05) is 38.1 Å². The summed E-state index contributed by atoms with van der Waals surface area (Å²) in [6.07, 6.45) is 3.25. The minimum absolute atomic E-state index is 0.238. The maximum Gasteiger partial charge on any atom is 0.315 e. The van der Waals surface area contributed by atoms with Crippen LogP contribution in [0.4, 0.5) is 0 Å². The van der Waals surface area contributed by atoms with Crippen molar-refractivity contribution in [2.75, 3.05) is 0 Å². The molecule has 6 nitrogen and oxygen atoms in total. The molecular weight excluding hydrogens is 328 g/mol. The molecule has 126 valence electrons. The van der Waals surface area contributed by atoms with E-state index in [4.69, 9.17) is 8.71 Å². The third-order valence-electron chi connectivity index (χ3n) is 3.48. The lowest BCUT2D eigenvalue weighted by Gasteiger charge is -2.12. The summed E-state index contributed by atoms with van der Waals surface area (Å²) in [6, 6.07) is 8.54. The molecule has 0 spiro atoms. The van der Waals surface area contributed by atoms with Crippen LogP contribution in [-0.2, 0) is 21.3 Å². The Balaban J connectivity index is 1.85. The fourth-order valence-corrected chi connectivity index (χ4v) is 3.22. The fraction of sp³-hybridized carbons (Fsp3) is 0.294. The average molecular weight is 346 g/mol. The monoisotopic (exact) mass is 346 g/mol. The molecule has 0 saturated carbocycles. The summed E-state index contributed by atoms with van der Waals surface area (Å²) in [4.78, 5) is 4.02. The van der Waals surface area contributed by atoms with E-state index in [1.54, 1.807) is 36.7 Å². The third-order valence-corrected chi connectivity index (χ3v) is 4.56. The standard InChI is InChI=1S/C17H18N2O4S/c1-17(2,3)16-9-13(19-22-16)11-24(20,21)23-15-6-4-5-12-10-18-8-7-14(12)15/h4-10H,11H2,1-3H3. The molecule has 0 aliphatic rings. The van der Waals surface area contributed by atoms with Gasteiger partial charge in [0.15, 0.2) is 5.75 Å². The van der Waals surface area contributed by atoms with Crippen LogP contribution in [0.2, 0.25) is 0 Å². The predicted octanol–water partition coefficient (Wildman–Crippen LogP) is 3.43. The van der Waals surface area contributed by atoms with Crippen LogP contribution in [0.5, 0.6) is 5.75 Å². The summed E-state index contributed by atoms with van der Waals surface area (Å²) < 4.78 is 35.2. The van der Waals surface area contributed by atoms with Crippen LogP contribution < -0.4 is 4.18 Å². The van der Waals surface area contributed by atoms with Crippen LogP contribution >= 0.6 is 0 Å². The SMILES string of the molecule is CC(C)(C)c1cc(CS(=O)(=O)Oc2cccc3cnccc23)no1. The highest BCUT2D eigenvalue weighted by molar-refractivity contribution is 7.86. The van der Waals surface area contributed by atoms with Crippen molar-refractivity contribution in [3.05, 3.63) is 54.2 Å². The second-order valence-corrected chi connectivity index (χ2v) is 8.14. The largest absolute Gasteiger partial charge is 0.381 e. The summed E-state index contributed by atoms with van der Waals surface area (Å²) in [5, 5.41) is 5.32. The van der Waals surface area contributed by atoms with E-state index < -0.39 is 10.1 Å². The van der Waals surface area contributed by atoms with Gasteiger partial charge in [-0.15, -0.1) is 0 Å². The van der Waals surface area contributed by atoms with Gasteiger partial charge in [0, 0.05) is 34.6 Å². The first-order valence-corrected chi connectivity index (χ1v) is 9.03. The van der Waals surface area contributed by atoms with Gasteiger partial charge < -0.3 is 8.71 Å². The Labute approximate surface area is 140 Å². The molecule has 0 unspecified atom stereocenters. The molecule has 0 fully saturated rings. The van der Waals surface area contributed by atoms with Crippen molar-refractivity contribution < 1.29 is 17.1 Å². The normalized spacial score (nSPS) is 12.5. The lowest BCUT2D eigenvalue weighted by atomic mass is 9.93. The number of fused-ring (bicyclic) bond motifs is 1. The Kier molecular flexibility index (Phi) is 4.04. The minimum Gasteiger partial charge on any atom is -0.381 e. The molecule has 1 aromatic carbocycles. The number of nitrogens with zero attached hydrogens (tertiary/aromatic N) is 2. The quantitative estimate of drug-likeness (QED) is 0.673. The fourth-order valence-electron chi connectivity index (χ4n) is 2.25. The molecule has 2 aromatic heterocycles. The summed E-state index contributed by atoms with van der Waals surface area (Å²) in [7, 11) is -3.85. The molecule has 24 heavy (non-hydrogen) atoms. The number of benzene rings is 1. The van der Waals surface area contributed by atoms with E-state index in [1.165, 1.54) is 0 Å². The highest BCUT2D eigenvalue weighted by atomic mass is 32.2. The smallest absolute Gasteiger partial charge is 0.315 e. The molecule has 0 aliphatic heterocycles. The van der Waals surface area contributed by atoms with E-state index in [0.717, 1.165) is 5.39 Å². The topological polar surface area (TPSA) is 82.3 Å². The van der Waals surface area contributed by atoms with E-state index in [-0.39, 0.29) is 16.9 Å². The first-order valence-electron chi connectivity index (χ1n) is 7.46. The van der Waals surface area contributed by atoms with Crippen LogP contribution in [0.15, 0.2) is 47.2 Å². The molecule has 3 rings (SSSR count). The molecule has 0 atom stereocenters. The van der Waals surface area contributed by atoms with Crippen LogP contribution in [0.1, 0.15) is 32.2 Å². The third kappa shape index (κ3) is 3.56. The lowest BCUT2D eigenvalue weighted by molar-refractivity contribution is 0.326. The Hall–Kier alpha value is -2.41. The van der Waals surface area contributed by atoms with Crippen LogP contribution in [0.3, 0.4) is 0 Å². The number of aromatic nitrogens is 2. The van der Waals surface area contributed by atoms with Gasteiger partial charge in [0.1, 0.15) is 17.2 Å². The minimum atomic E-state index is -3.85. The Bertz CT molecular complexity index is 966. The van der Waals surface area contributed by atoms with Gasteiger partial charge in [-0.05, 0) is 12.1 Å². The van der Waals surface area contributed by atoms with Crippen molar-refractivity contribution in [1.29, 1.82) is 0 Å². The summed E-state index contributed by atoms with van der Waals surface area (Å²) >= 11 is 0. The molecule has 0 saturated heterocycles. The average Bonchev–Trinajstić information content (AvgIpc) is 2.95. The Morgan fingerprint density at radius 3 is 2.71 bits per heavy atom. The molecule has 2 heterocycles. The van der Waals surface area contributed by atoms with Gasteiger partial charge in [-0.25, -0.2) is 0 Å². The maximum atomic E-state index is 12.4. The molecule has 0 N–H and O–H groups in total. The van der Waals surface area contributed by atoms with Crippen molar-refractivity contribution in [2.24, 2.45) is 0 Å². The number of hydrogen-bond donors (Lipinski definition) is 0. The van der Waals surface area contributed by atoms with Gasteiger partial charge in [-0.3, -0.25) is 4.98 Å². The van der Waals surface area contributed by atoms with E-state index in [0.29, 0.717) is 16.8 Å². The van der Waals surface area contributed by atoms with Crippen molar-refractivity contribution in [2.45, 2.75) is 31.9 Å². The van der Waals surface area contributed by atoms with Crippen LogP contribution in [0, 0.1) is 0 Å². The first-order chi connectivity index (χ1) is 11.2. The Morgan fingerprint density at radius 2 is 2.00 bits per heavy atom. The van der Waals surface area contributed by atoms with Crippen molar-refractivity contribution in [3.63, 3.8) is 0 Å². The summed E-state index contributed by atoms with van der Waals surface area (Å²) in [5.41, 5.74) is 0.0835. The van der Waals surface area contributed by atoms with Gasteiger partial charge in [0.05, 0.1) is 0 Å². The van der Waals surface area contributed by atoms with Gasteiger partial charge in [0.25, 0.3) is 0 Å². The number of pyridine rings is 1. The lowest BCUT2D eigenvalue weighted by Crippen LogP contribution is -2.13. The van der Waals surface area contributed by atoms with Gasteiger partial charge in [-0.2, -0.15) is 8.42 Å². The highest BCUT2D eigenvalue weighted by Gasteiger charge is 2.23. The number of rotatable bonds is 4. The first kappa shape index (κ1) is 16.4. The van der Waals surface area contributed by atoms with E-state index in [9.17, 15) is 8.42 Å². The molecule has 0 amide bonds. The van der Waals surface area contributed by atoms with Crippen LogP contribution in [-0.4, -0.2) is 18.6 Å².